The number of nitrogen functional groups attached to an aromatic ring is 1. The summed E-state index contributed by atoms with van der Waals surface area (Å²) in [7, 11) is 1.74. The Morgan fingerprint density at radius 2 is 2.41 bits per heavy atom. The lowest BCUT2D eigenvalue weighted by Crippen LogP contribution is -2.26. The number of halogens is 1. The minimum absolute atomic E-state index is 0.126. The maximum absolute atomic E-state index is 12.0. The molecule has 2 aromatic heterocycles. The molecular weight excluding hydrogens is 304 g/mol. The van der Waals surface area contributed by atoms with Crippen LogP contribution in [-0.2, 0) is 6.54 Å². The van der Waals surface area contributed by atoms with Gasteiger partial charge in [-0.2, -0.15) is 5.10 Å². The Morgan fingerprint density at radius 1 is 1.65 bits per heavy atom. The van der Waals surface area contributed by atoms with Crippen molar-refractivity contribution in [3.05, 3.63) is 32.6 Å². The molecule has 7 heteroatoms. The largest absolute Gasteiger partial charge is 0.382 e. The van der Waals surface area contributed by atoms with E-state index in [2.05, 4.69) is 26.1 Å². The van der Waals surface area contributed by atoms with Gasteiger partial charge in [0.1, 0.15) is 11.5 Å². The summed E-state index contributed by atoms with van der Waals surface area (Å²) < 4.78 is 1.03. The number of anilines is 1. The van der Waals surface area contributed by atoms with Crippen LogP contribution >= 0.6 is 27.3 Å². The number of carbonyl (C=O) groups is 1. The molecule has 2 heterocycles. The summed E-state index contributed by atoms with van der Waals surface area (Å²) in [4.78, 5) is 14.7. The Morgan fingerprint density at radius 3 is 2.94 bits per heavy atom. The number of hydrogen-bond donors (Lipinski definition) is 2. The molecule has 0 saturated heterocycles. The molecule has 5 nitrogen and oxygen atoms in total. The first kappa shape index (κ1) is 12.1. The van der Waals surface area contributed by atoms with Gasteiger partial charge in [0, 0.05) is 27.8 Å². The smallest absolute Gasteiger partial charge is 0.272 e. The van der Waals surface area contributed by atoms with E-state index in [4.69, 9.17) is 5.73 Å². The van der Waals surface area contributed by atoms with Gasteiger partial charge in [-0.1, -0.05) is 0 Å². The van der Waals surface area contributed by atoms with Gasteiger partial charge in [-0.05, 0) is 22.0 Å². The normalized spacial score (nSPS) is 10.5. The third kappa shape index (κ3) is 2.86. The summed E-state index contributed by atoms with van der Waals surface area (Å²) in [6.07, 6.45) is 0. The lowest BCUT2D eigenvalue weighted by atomic mass is 10.3. The van der Waals surface area contributed by atoms with Crippen molar-refractivity contribution >= 4 is 39.0 Å². The molecule has 2 rings (SSSR count). The Labute approximate surface area is 111 Å². The van der Waals surface area contributed by atoms with Crippen LogP contribution < -0.4 is 5.73 Å². The lowest BCUT2D eigenvalue weighted by molar-refractivity contribution is 0.0780. The van der Waals surface area contributed by atoms with Crippen LogP contribution in [0.2, 0.25) is 0 Å². The van der Waals surface area contributed by atoms with Crippen LogP contribution in [-0.4, -0.2) is 28.1 Å². The van der Waals surface area contributed by atoms with E-state index in [1.807, 2.05) is 11.4 Å². The van der Waals surface area contributed by atoms with Crippen molar-refractivity contribution in [1.82, 2.24) is 15.1 Å². The number of nitrogens with one attached hydrogen (secondary N) is 1. The number of carbonyl (C=O) groups excluding carboxylic acids is 1. The van der Waals surface area contributed by atoms with Gasteiger partial charge in [0.05, 0.1) is 6.54 Å². The van der Waals surface area contributed by atoms with Crippen LogP contribution in [0, 0.1) is 0 Å². The van der Waals surface area contributed by atoms with E-state index in [1.165, 1.54) is 6.07 Å². The van der Waals surface area contributed by atoms with Gasteiger partial charge in [0.2, 0.25) is 0 Å². The first-order chi connectivity index (χ1) is 8.06. The molecule has 0 atom stereocenters. The third-order valence-corrected chi connectivity index (χ3v) is 3.87. The van der Waals surface area contributed by atoms with Crippen molar-refractivity contribution in [1.29, 1.82) is 0 Å². The molecule has 0 saturated carbocycles. The number of rotatable bonds is 3. The quantitative estimate of drug-likeness (QED) is 0.911. The molecule has 0 aliphatic carbocycles. The van der Waals surface area contributed by atoms with E-state index in [1.54, 1.807) is 23.3 Å². The van der Waals surface area contributed by atoms with Gasteiger partial charge in [0.25, 0.3) is 5.91 Å². The number of nitrogens with zero attached hydrogens (tertiary/aromatic N) is 2. The Balaban J connectivity index is 2.05. The minimum atomic E-state index is -0.126. The lowest BCUT2D eigenvalue weighted by Gasteiger charge is -2.14. The second-order valence-corrected chi connectivity index (χ2v) is 5.51. The Hall–Kier alpha value is -1.34. The highest BCUT2D eigenvalue weighted by Crippen LogP contribution is 2.21. The van der Waals surface area contributed by atoms with Crippen LogP contribution in [0.15, 0.2) is 22.0 Å². The summed E-state index contributed by atoms with van der Waals surface area (Å²) in [5.41, 5.74) is 5.86. The molecule has 0 fully saturated rings. The van der Waals surface area contributed by atoms with E-state index >= 15 is 0 Å². The molecule has 0 spiro atoms. The number of aromatic amines is 1. The summed E-state index contributed by atoms with van der Waals surface area (Å²) in [6.45, 7) is 0.564. The highest BCUT2D eigenvalue weighted by Gasteiger charge is 2.14. The first-order valence-corrected chi connectivity index (χ1v) is 6.53. The highest BCUT2D eigenvalue weighted by molar-refractivity contribution is 9.10. The van der Waals surface area contributed by atoms with Crippen LogP contribution in [0.4, 0.5) is 5.82 Å². The van der Waals surface area contributed by atoms with Crippen LogP contribution in [0.5, 0.6) is 0 Å². The molecule has 0 aromatic carbocycles. The molecule has 0 unspecified atom stereocenters. The third-order valence-electron chi connectivity index (χ3n) is 2.19. The van der Waals surface area contributed by atoms with Crippen LogP contribution in [0.1, 0.15) is 15.4 Å². The molecular formula is C10H11BrN4OS. The van der Waals surface area contributed by atoms with Crippen LogP contribution in [0.3, 0.4) is 0 Å². The van der Waals surface area contributed by atoms with E-state index in [0.717, 1.165) is 9.35 Å². The molecule has 90 valence electrons. The monoisotopic (exact) mass is 314 g/mol. The predicted octanol–water partition coefficient (Wildman–Crippen LogP) is 2.09. The van der Waals surface area contributed by atoms with Crippen molar-refractivity contribution in [3.63, 3.8) is 0 Å². The SMILES string of the molecule is CN(Cc1cc(Br)cs1)C(=O)c1cc(N)n[nH]1. The summed E-state index contributed by atoms with van der Waals surface area (Å²) in [5, 5.41) is 8.32. The van der Waals surface area contributed by atoms with E-state index in [9.17, 15) is 4.79 Å². The maximum atomic E-state index is 12.0. The molecule has 0 radical (unpaired) electrons. The minimum Gasteiger partial charge on any atom is -0.382 e. The maximum Gasteiger partial charge on any atom is 0.272 e. The average Bonchev–Trinajstić information content (AvgIpc) is 2.87. The van der Waals surface area contributed by atoms with Crippen molar-refractivity contribution in [3.8, 4) is 0 Å². The van der Waals surface area contributed by atoms with E-state index < -0.39 is 0 Å². The molecule has 1 amide bonds. The summed E-state index contributed by atoms with van der Waals surface area (Å²) >= 11 is 4.99. The highest BCUT2D eigenvalue weighted by atomic mass is 79.9. The zero-order chi connectivity index (χ0) is 12.4. The number of nitrogens with two attached hydrogens (primary N) is 1. The molecule has 0 bridgehead atoms. The van der Waals surface area contributed by atoms with E-state index in [0.29, 0.717) is 18.1 Å². The molecule has 3 N–H and O–H groups in total. The van der Waals surface area contributed by atoms with Gasteiger partial charge >= 0.3 is 0 Å². The summed E-state index contributed by atoms with van der Waals surface area (Å²) in [6, 6.07) is 3.53. The fraction of sp³-hybridized carbons (Fsp3) is 0.200. The van der Waals surface area contributed by atoms with Crippen molar-refractivity contribution in [2.45, 2.75) is 6.54 Å². The number of hydrogen-bond acceptors (Lipinski definition) is 4. The van der Waals surface area contributed by atoms with E-state index in [-0.39, 0.29) is 5.91 Å². The average molecular weight is 315 g/mol. The van der Waals surface area contributed by atoms with Crippen LogP contribution in [0.25, 0.3) is 0 Å². The fourth-order valence-electron chi connectivity index (χ4n) is 1.39. The Kier molecular flexibility index (Phi) is 3.49. The second kappa shape index (κ2) is 4.89. The molecule has 0 aliphatic heterocycles. The van der Waals surface area contributed by atoms with Gasteiger partial charge in [-0.3, -0.25) is 9.89 Å². The van der Waals surface area contributed by atoms with Crippen molar-refractivity contribution < 1.29 is 4.79 Å². The number of amides is 1. The predicted molar refractivity (Wildman–Crippen MR) is 70.8 cm³/mol. The molecule has 0 aliphatic rings. The fourth-order valence-corrected chi connectivity index (χ4v) is 2.90. The van der Waals surface area contributed by atoms with Crippen molar-refractivity contribution in [2.75, 3.05) is 12.8 Å². The number of thiophene rings is 1. The standard InChI is InChI=1S/C10H11BrN4OS/c1-15(4-7-2-6(11)5-17-7)10(16)8-3-9(12)14-13-8/h2-3,5H,4H2,1H3,(H3,12,13,14). The second-order valence-electron chi connectivity index (χ2n) is 3.60. The Bertz CT molecular complexity index is 536. The molecule has 2 aromatic rings. The summed E-state index contributed by atoms with van der Waals surface area (Å²) in [5.74, 6) is 0.194. The van der Waals surface area contributed by atoms with Gasteiger partial charge in [-0.15, -0.1) is 11.3 Å². The number of aromatic nitrogens is 2. The van der Waals surface area contributed by atoms with Gasteiger partial charge in [-0.25, -0.2) is 0 Å². The zero-order valence-corrected chi connectivity index (χ0v) is 11.5. The van der Waals surface area contributed by atoms with Crippen molar-refractivity contribution in [2.24, 2.45) is 0 Å². The van der Waals surface area contributed by atoms with Gasteiger partial charge in [0.15, 0.2) is 0 Å². The topological polar surface area (TPSA) is 75.0 Å². The first-order valence-electron chi connectivity index (χ1n) is 4.85. The van der Waals surface area contributed by atoms with Gasteiger partial charge < -0.3 is 10.6 Å². The molecule has 17 heavy (non-hydrogen) atoms. The zero-order valence-electron chi connectivity index (χ0n) is 9.11. The number of H-pyrrole nitrogens is 1.